The van der Waals surface area contributed by atoms with Crippen LogP contribution < -0.4 is 0 Å². The van der Waals surface area contributed by atoms with Crippen LogP contribution in [0.15, 0.2) is 0 Å². The predicted octanol–water partition coefficient (Wildman–Crippen LogP) is 2.29. The quantitative estimate of drug-likeness (QED) is 0.498. The van der Waals surface area contributed by atoms with E-state index in [1.807, 2.05) is 6.66 Å². The lowest BCUT2D eigenvalue weighted by molar-refractivity contribution is 0.597. The molecule has 0 saturated carbocycles. The summed E-state index contributed by atoms with van der Waals surface area (Å²) in [6.45, 7) is 1.84. The van der Waals surface area contributed by atoms with Crippen molar-refractivity contribution in [2.75, 3.05) is 18.2 Å². The maximum Gasteiger partial charge on any atom is 0.188 e. The third-order valence-corrected chi connectivity index (χ3v) is 8.51. The zero-order valence-corrected chi connectivity index (χ0v) is 6.61. The molecule has 1 saturated heterocycles. The van der Waals surface area contributed by atoms with E-state index in [4.69, 9.17) is 0 Å². The highest BCUT2D eigenvalue weighted by Gasteiger charge is 2.21. The molecule has 1 heterocycles. The van der Waals surface area contributed by atoms with Crippen LogP contribution in [-0.4, -0.2) is 18.2 Å². The first kappa shape index (κ1) is 6.06. The minimum absolute atomic E-state index is 1.08. The van der Waals surface area contributed by atoms with Crippen molar-refractivity contribution in [3.8, 4) is 0 Å². The van der Waals surface area contributed by atoms with Crippen molar-refractivity contribution in [3.63, 3.8) is 0 Å². The topological polar surface area (TPSA) is 17.1 Å². The molecule has 1 aliphatic heterocycles. The first-order valence-electron chi connectivity index (χ1n) is 2.07. The molecule has 0 aromatic rings. The van der Waals surface area contributed by atoms with Crippen LogP contribution in [0.1, 0.15) is 0 Å². The summed E-state index contributed by atoms with van der Waals surface area (Å²) in [7, 11) is 0. The molecule has 7 heavy (non-hydrogen) atoms. The van der Waals surface area contributed by atoms with Crippen molar-refractivity contribution < 1.29 is 4.57 Å². The minimum atomic E-state index is -1.71. The average Bonchev–Trinajstić information content (AvgIpc) is 1.84. The van der Waals surface area contributed by atoms with E-state index < -0.39 is 5.55 Å². The second-order valence-corrected chi connectivity index (χ2v) is 10.7. The fraction of sp³-hybridized carbons (Fsp3) is 1.00. The second kappa shape index (κ2) is 2.04. The van der Waals surface area contributed by atoms with E-state index in [0.717, 1.165) is 11.5 Å². The molecule has 0 spiro atoms. The Morgan fingerprint density at radius 3 is 2.00 bits per heavy atom. The smallest absolute Gasteiger partial charge is 0.188 e. The molecule has 1 aliphatic rings. The molecule has 1 nitrogen and oxygen atoms in total. The van der Waals surface area contributed by atoms with Crippen LogP contribution >= 0.6 is 28.3 Å². The summed E-state index contributed by atoms with van der Waals surface area (Å²) in [6.07, 6.45) is 0. The van der Waals surface area contributed by atoms with Crippen LogP contribution in [0.4, 0.5) is 0 Å². The van der Waals surface area contributed by atoms with Crippen molar-refractivity contribution in [2.24, 2.45) is 0 Å². The van der Waals surface area contributed by atoms with Crippen molar-refractivity contribution in [1.82, 2.24) is 0 Å². The molecule has 1 rings (SSSR count). The standard InChI is InChI=1S/C3H7OPS2/c1-5(4)6-2-3-7-5/h2-3H2,1H3. The normalized spacial score (nSPS) is 28.1. The van der Waals surface area contributed by atoms with Crippen LogP contribution in [0.25, 0.3) is 0 Å². The van der Waals surface area contributed by atoms with E-state index >= 15 is 0 Å². The van der Waals surface area contributed by atoms with Crippen molar-refractivity contribution in [2.45, 2.75) is 0 Å². The SMILES string of the molecule is CP1(=O)SCCS1. The van der Waals surface area contributed by atoms with Crippen LogP contribution in [-0.2, 0) is 4.57 Å². The van der Waals surface area contributed by atoms with E-state index in [-0.39, 0.29) is 0 Å². The second-order valence-electron chi connectivity index (χ2n) is 1.44. The molecule has 0 amide bonds. The van der Waals surface area contributed by atoms with Crippen LogP contribution in [0.2, 0.25) is 0 Å². The average molecular weight is 154 g/mol. The molecule has 0 N–H and O–H groups in total. The summed E-state index contributed by atoms with van der Waals surface area (Å²) < 4.78 is 10.9. The van der Waals surface area contributed by atoms with E-state index in [0.29, 0.717) is 0 Å². The lowest BCUT2D eigenvalue weighted by Gasteiger charge is -1.94. The minimum Gasteiger partial charge on any atom is -0.301 e. The first-order valence-corrected chi connectivity index (χ1v) is 7.41. The Labute approximate surface area is 51.5 Å². The Morgan fingerprint density at radius 1 is 1.43 bits per heavy atom. The van der Waals surface area contributed by atoms with Gasteiger partial charge in [-0.15, -0.1) is 0 Å². The van der Waals surface area contributed by atoms with Gasteiger partial charge in [-0.1, -0.05) is 22.8 Å². The summed E-state index contributed by atoms with van der Waals surface area (Å²) in [5.74, 6) is 2.16. The fourth-order valence-corrected chi connectivity index (χ4v) is 7.35. The Kier molecular flexibility index (Phi) is 1.76. The molecule has 0 radical (unpaired) electrons. The molecule has 0 aromatic heterocycles. The van der Waals surface area contributed by atoms with Crippen LogP contribution in [0, 0.1) is 0 Å². The summed E-state index contributed by atoms with van der Waals surface area (Å²) in [5.41, 5.74) is -1.71. The maximum absolute atomic E-state index is 10.9. The number of rotatable bonds is 0. The van der Waals surface area contributed by atoms with Gasteiger partial charge in [-0.2, -0.15) is 0 Å². The molecule has 1 fully saturated rings. The highest BCUT2D eigenvalue weighted by molar-refractivity contribution is 8.92. The monoisotopic (exact) mass is 154 g/mol. The zero-order chi connectivity index (χ0) is 5.33. The van der Waals surface area contributed by atoms with Gasteiger partial charge in [0, 0.05) is 18.2 Å². The molecule has 0 bridgehead atoms. The van der Waals surface area contributed by atoms with Gasteiger partial charge in [-0.25, -0.2) is 0 Å². The third kappa shape index (κ3) is 1.71. The van der Waals surface area contributed by atoms with Gasteiger partial charge in [0.1, 0.15) is 0 Å². The molecule has 0 atom stereocenters. The largest absolute Gasteiger partial charge is 0.301 e. The first-order chi connectivity index (χ1) is 3.21. The van der Waals surface area contributed by atoms with Crippen LogP contribution in [0.3, 0.4) is 0 Å². The Bertz CT molecular complexity index is 104. The van der Waals surface area contributed by atoms with Crippen molar-refractivity contribution in [3.05, 3.63) is 0 Å². The van der Waals surface area contributed by atoms with Gasteiger partial charge in [-0.3, -0.25) is 0 Å². The molecular formula is C3H7OPS2. The molecule has 0 unspecified atom stereocenters. The van der Waals surface area contributed by atoms with Gasteiger partial charge in [0.15, 0.2) is 5.55 Å². The van der Waals surface area contributed by atoms with E-state index in [2.05, 4.69) is 0 Å². The van der Waals surface area contributed by atoms with E-state index in [1.165, 1.54) is 0 Å². The highest BCUT2D eigenvalue weighted by atomic mass is 33.1. The van der Waals surface area contributed by atoms with Gasteiger partial charge in [0.25, 0.3) is 0 Å². The number of hydrogen-bond acceptors (Lipinski definition) is 3. The van der Waals surface area contributed by atoms with Crippen molar-refractivity contribution in [1.29, 1.82) is 0 Å². The summed E-state index contributed by atoms with van der Waals surface area (Å²) in [6, 6.07) is 0. The van der Waals surface area contributed by atoms with Gasteiger partial charge < -0.3 is 4.57 Å². The summed E-state index contributed by atoms with van der Waals surface area (Å²) in [5, 5.41) is 0. The Hall–Kier alpha value is 0.930. The lowest BCUT2D eigenvalue weighted by atomic mass is 11.0. The fourth-order valence-electron chi connectivity index (χ4n) is 0.443. The molecule has 42 valence electrons. The zero-order valence-electron chi connectivity index (χ0n) is 4.09. The molecular weight excluding hydrogens is 147 g/mol. The Balaban J connectivity index is 2.57. The molecule has 0 aliphatic carbocycles. The lowest BCUT2D eigenvalue weighted by Crippen LogP contribution is -1.64. The van der Waals surface area contributed by atoms with Crippen molar-refractivity contribution >= 4 is 28.3 Å². The third-order valence-electron chi connectivity index (χ3n) is 0.735. The van der Waals surface area contributed by atoms with Gasteiger partial charge in [0.2, 0.25) is 0 Å². The van der Waals surface area contributed by atoms with Gasteiger partial charge >= 0.3 is 0 Å². The maximum atomic E-state index is 10.9. The van der Waals surface area contributed by atoms with Gasteiger partial charge in [0.05, 0.1) is 0 Å². The predicted molar refractivity (Wildman–Crippen MR) is 38.4 cm³/mol. The molecule has 4 heteroatoms. The van der Waals surface area contributed by atoms with E-state index in [9.17, 15) is 4.57 Å². The van der Waals surface area contributed by atoms with Crippen LogP contribution in [0.5, 0.6) is 0 Å². The molecule has 0 aromatic carbocycles. The number of hydrogen-bond donors (Lipinski definition) is 0. The highest BCUT2D eigenvalue weighted by Crippen LogP contribution is 2.70. The Morgan fingerprint density at radius 2 is 1.86 bits per heavy atom. The summed E-state index contributed by atoms with van der Waals surface area (Å²) in [4.78, 5) is 0. The van der Waals surface area contributed by atoms with E-state index in [1.54, 1.807) is 22.8 Å². The summed E-state index contributed by atoms with van der Waals surface area (Å²) >= 11 is 3.24. The van der Waals surface area contributed by atoms with Gasteiger partial charge in [-0.05, 0) is 0 Å².